The number of amides is 2. The van der Waals surface area contributed by atoms with Gasteiger partial charge in [0.05, 0.1) is 6.04 Å². The van der Waals surface area contributed by atoms with E-state index in [0.29, 0.717) is 0 Å². The Labute approximate surface area is 129 Å². The molecule has 0 bridgehead atoms. The molecule has 0 aliphatic carbocycles. The summed E-state index contributed by atoms with van der Waals surface area (Å²) in [5, 5.41) is 3.00. The van der Waals surface area contributed by atoms with Crippen LogP contribution in [0, 0.1) is 0 Å². The van der Waals surface area contributed by atoms with Crippen molar-refractivity contribution in [2.45, 2.75) is 24.4 Å². The van der Waals surface area contributed by atoms with Crippen LogP contribution in [0.3, 0.4) is 0 Å². The van der Waals surface area contributed by atoms with Gasteiger partial charge < -0.3 is 14.8 Å². The van der Waals surface area contributed by atoms with Crippen LogP contribution in [0.5, 0.6) is 0 Å². The van der Waals surface area contributed by atoms with Crippen LogP contribution in [0.2, 0.25) is 0 Å². The molecule has 1 N–H and O–H groups in total. The fourth-order valence-corrected chi connectivity index (χ4v) is 3.21. The monoisotopic (exact) mass is 301 g/mol. The third-order valence-electron chi connectivity index (χ3n) is 3.92. The number of nitrogens with one attached hydrogen (secondary N) is 1. The smallest absolute Gasteiger partial charge is 0.322 e. The first kappa shape index (κ1) is 14.1. The number of urea groups is 1. The van der Waals surface area contributed by atoms with Gasteiger partial charge in [-0.15, -0.1) is 11.8 Å². The lowest BCUT2D eigenvalue weighted by atomic mass is 10.1. The first-order valence-electron chi connectivity index (χ1n) is 7.06. The van der Waals surface area contributed by atoms with Gasteiger partial charge in [-0.25, -0.2) is 4.79 Å². The number of rotatable bonds is 2. The molecule has 2 heterocycles. The van der Waals surface area contributed by atoms with Crippen molar-refractivity contribution in [1.29, 1.82) is 0 Å². The molecule has 1 aromatic carbocycles. The topological polar surface area (TPSA) is 37.3 Å². The van der Waals surface area contributed by atoms with Gasteiger partial charge in [0.25, 0.3) is 0 Å². The normalized spacial score (nSPS) is 17.4. The molecule has 0 radical (unpaired) electrons. The lowest BCUT2D eigenvalue weighted by molar-refractivity contribution is 0.175. The van der Waals surface area contributed by atoms with Crippen molar-refractivity contribution in [2.24, 2.45) is 0 Å². The zero-order valence-corrected chi connectivity index (χ0v) is 13.1. The molecule has 110 valence electrons. The number of fused-ring (bicyclic) bond motifs is 1. The van der Waals surface area contributed by atoms with Gasteiger partial charge in [0, 0.05) is 35.6 Å². The summed E-state index contributed by atoms with van der Waals surface area (Å²) >= 11 is 1.67. The molecule has 0 saturated heterocycles. The molecular weight excluding hydrogens is 282 g/mol. The van der Waals surface area contributed by atoms with Crippen LogP contribution in [-0.2, 0) is 6.54 Å². The minimum absolute atomic E-state index is 0.0341. The number of hydrogen-bond donors (Lipinski definition) is 1. The number of carbonyl (C=O) groups is 1. The van der Waals surface area contributed by atoms with Gasteiger partial charge in [-0.3, -0.25) is 0 Å². The van der Waals surface area contributed by atoms with Gasteiger partial charge >= 0.3 is 6.03 Å². The average molecular weight is 301 g/mol. The molecule has 5 heteroatoms. The quantitative estimate of drug-likeness (QED) is 0.856. The molecule has 2 amide bonds. The zero-order valence-electron chi connectivity index (χ0n) is 12.2. The van der Waals surface area contributed by atoms with Crippen molar-refractivity contribution in [3.63, 3.8) is 0 Å². The van der Waals surface area contributed by atoms with E-state index >= 15 is 0 Å². The van der Waals surface area contributed by atoms with Crippen molar-refractivity contribution in [3.8, 4) is 0 Å². The molecule has 2 aromatic rings. The second-order valence-electron chi connectivity index (χ2n) is 5.16. The van der Waals surface area contributed by atoms with E-state index in [0.717, 1.165) is 23.7 Å². The maximum atomic E-state index is 12.5. The fraction of sp³-hybridized carbons (Fsp3) is 0.312. The van der Waals surface area contributed by atoms with E-state index in [-0.39, 0.29) is 12.1 Å². The molecule has 4 nitrogen and oxygen atoms in total. The van der Waals surface area contributed by atoms with Crippen molar-refractivity contribution < 1.29 is 4.79 Å². The minimum atomic E-state index is -0.0341. The predicted molar refractivity (Wildman–Crippen MR) is 86.8 cm³/mol. The molecule has 1 aliphatic heterocycles. The second-order valence-corrected chi connectivity index (χ2v) is 6.04. The van der Waals surface area contributed by atoms with Crippen molar-refractivity contribution >= 4 is 23.5 Å². The summed E-state index contributed by atoms with van der Waals surface area (Å²) in [5.41, 5.74) is 2.04. The molecule has 1 atom stereocenters. The van der Waals surface area contributed by atoms with Gasteiger partial charge in [0.2, 0.25) is 0 Å². The van der Waals surface area contributed by atoms with Crippen LogP contribution >= 0.6 is 11.8 Å². The number of thioether (sulfide) groups is 1. The molecule has 0 unspecified atom stereocenters. The number of hydrogen-bond acceptors (Lipinski definition) is 2. The standard InChI is InChI=1S/C16H19N3OS/c1-12-15-7-4-8-18(15)9-10-19(12)16(20)17-13-5-3-6-14(11-13)21-2/h3-8,11-12H,9-10H2,1-2H3,(H,17,20)/t12-/m1/s1. The number of anilines is 1. The maximum absolute atomic E-state index is 12.5. The van der Waals surface area contributed by atoms with Gasteiger partial charge in [-0.1, -0.05) is 6.07 Å². The van der Waals surface area contributed by atoms with Crippen LogP contribution in [-0.4, -0.2) is 28.3 Å². The Morgan fingerprint density at radius 3 is 2.95 bits per heavy atom. The van der Waals surface area contributed by atoms with Crippen molar-refractivity contribution in [2.75, 3.05) is 18.1 Å². The molecule has 21 heavy (non-hydrogen) atoms. The predicted octanol–water partition coefficient (Wildman–Crippen LogP) is 3.82. The molecule has 0 spiro atoms. The van der Waals surface area contributed by atoms with Gasteiger partial charge in [0.15, 0.2) is 0 Å². The Kier molecular flexibility index (Phi) is 3.92. The van der Waals surface area contributed by atoms with Gasteiger partial charge in [-0.2, -0.15) is 0 Å². The Morgan fingerprint density at radius 1 is 1.29 bits per heavy atom. The highest BCUT2D eigenvalue weighted by Gasteiger charge is 2.27. The molecular formula is C16H19N3OS. The Morgan fingerprint density at radius 2 is 2.14 bits per heavy atom. The van der Waals surface area contributed by atoms with Crippen LogP contribution < -0.4 is 5.32 Å². The molecule has 1 aromatic heterocycles. The summed E-state index contributed by atoms with van der Waals surface area (Å²) in [6.07, 6.45) is 4.10. The Bertz CT molecular complexity index is 652. The third kappa shape index (κ3) is 2.78. The van der Waals surface area contributed by atoms with Crippen LogP contribution in [0.15, 0.2) is 47.5 Å². The molecule has 3 rings (SSSR count). The lowest BCUT2D eigenvalue weighted by Gasteiger charge is -2.34. The minimum Gasteiger partial charge on any atom is -0.348 e. The van der Waals surface area contributed by atoms with Crippen LogP contribution in [0.1, 0.15) is 18.7 Å². The molecule has 1 aliphatic rings. The van der Waals surface area contributed by atoms with Crippen LogP contribution in [0.25, 0.3) is 0 Å². The summed E-state index contributed by atoms with van der Waals surface area (Å²) in [6.45, 7) is 3.66. The van der Waals surface area contributed by atoms with Crippen LogP contribution in [0.4, 0.5) is 10.5 Å². The highest BCUT2D eigenvalue weighted by Crippen LogP contribution is 2.26. The SMILES string of the molecule is CSc1cccc(NC(=O)N2CCn3cccc3[C@H]2C)c1. The average Bonchev–Trinajstić information content (AvgIpc) is 2.97. The van der Waals surface area contributed by atoms with Crippen molar-refractivity contribution in [1.82, 2.24) is 9.47 Å². The summed E-state index contributed by atoms with van der Waals surface area (Å²) < 4.78 is 2.21. The van der Waals surface area contributed by atoms with E-state index in [4.69, 9.17) is 0 Å². The van der Waals surface area contributed by atoms with E-state index in [1.807, 2.05) is 41.5 Å². The van der Waals surface area contributed by atoms with E-state index in [2.05, 4.69) is 29.1 Å². The zero-order chi connectivity index (χ0) is 14.8. The van der Waals surface area contributed by atoms with E-state index in [1.165, 1.54) is 5.69 Å². The van der Waals surface area contributed by atoms with Gasteiger partial charge in [-0.05, 0) is 43.5 Å². The van der Waals surface area contributed by atoms with E-state index in [1.54, 1.807) is 11.8 Å². The summed E-state index contributed by atoms with van der Waals surface area (Å²) in [5.74, 6) is 0. The highest BCUT2D eigenvalue weighted by molar-refractivity contribution is 7.98. The fourth-order valence-electron chi connectivity index (χ4n) is 2.75. The number of aromatic nitrogens is 1. The Balaban J connectivity index is 1.74. The molecule has 0 fully saturated rings. The number of nitrogens with zero attached hydrogens (tertiary/aromatic N) is 2. The lowest BCUT2D eigenvalue weighted by Crippen LogP contribution is -2.42. The van der Waals surface area contributed by atoms with Gasteiger partial charge in [0.1, 0.15) is 0 Å². The maximum Gasteiger partial charge on any atom is 0.322 e. The largest absolute Gasteiger partial charge is 0.348 e. The first-order chi connectivity index (χ1) is 10.2. The third-order valence-corrected chi connectivity index (χ3v) is 4.65. The number of benzene rings is 1. The van der Waals surface area contributed by atoms with E-state index in [9.17, 15) is 4.79 Å². The summed E-state index contributed by atoms with van der Waals surface area (Å²) in [7, 11) is 0. The van der Waals surface area contributed by atoms with Crippen molar-refractivity contribution in [3.05, 3.63) is 48.3 Å². The molecule has 0 saturated carbocycles. The Hall–Kier alpha value is -1.88. The number of carbonyl (C=O) groups excluding carboxylic acids is 1. The summed E-state index contributed by atoms with van der Waals surface area (Å²) in [4.78, 5) is 15.5. The first-order valence-corrected chi connectivity index (χ1v) is 8.28. The van der Waals surface area contributed by atoms with E-state index < -0.39 is 0 Å². The highest BCUT2D eigenvalue weighted by atomic mass is 32.2. The summed E-state index contributed by atoms with van der Waals surface area (Å²) in [6, 6.07) is 12.1. The second kappa shape index (κ2) is 5.85.